The Morgan fingerprint density at radius 2 is 1.93 bits per heavy atom. The lowest BCUT2D eigenvalue weighted by Gasteiger charge is -2.28. The van der Waals surface area contributed by atoms with Crippen LogP contribution in [0.25, 0.3) is 0 Å². The van der Waals surface area contributed by atoms with E-state index < -0.39 is 0 Å². The quantitative estimate of drug-likeness (QED) is 0.102. The lowest BCUT2D eigenvalue weighted by atomic mass is 9.84. The first-order chi connectivity index (χ1) is 19.9. The fourth-order valence-corrected chi connectivity index (χ4v) is 6.24. The third kappa shape index (κ3) is 7.86. The lowest BCUT2D eigenvalue weighted by Crippen LogP contribution is -2.28. The summed E-state index contributed by atoms with van der Waals surface area (Å²) in [5.41, 5.74) is 14.3. The highest BCUT2D eigenvalue weighted by atomic mass is 16.1. The second-order valence-electron chi connectivity index (χ2n) is 12.2. The van der Waals surface area contributed by atoms with Gasteiger partial charge in [-0.15, -0.1) is 5.73 Å². The Morgan fingerprint density at radius 1 is 1.21 bits per heavy atom. The van der Waals surface area contributed by atoms with Crippen LogP contribution in [0.5, 0.6) is 0 Å². The predicted octanol–water partition coefficient (Wildman–Crippen LogP) is 9.09. The van der Waals surface area contributed by atoms with E-state index in [1.165, 1.54) is 29.7 Å². The topological polar surface area (TPSA) is 45.0 Å². The van der Waals surface area contributed by atoms with Gasteiger partial charge >= 0.3 is 0 Å². The van der Waals surface area contributed by atoms with Crippen molar-refractivity contribution in [3.05, 3.63) is 99.7 Å². The molecule has 1 fully saturated rings. The normalized spacial score (nSPS) is 26.2. The minimum absolute atomic E-state index is 0.100. The number of aliphatic imine (C=N–C) groups is 2. The van der Waals surface area contributed by atoms with Crippen molar-refractivity contribution in [1.29, 1.82) is 0 Å². The molecule has 42 heavy (non-hydrogen) atoms. The van der Waals surface area contributed by atoms with Crippen LogP contribution in [-0.4, -0.2) is 42.2 Å². The van der Waals surface area contributed by atoms with Crippen molar-refractivity contribution in [1.82, 2.24) is 4.90 Å². The Kier molecular flexibility index (Phi) is 11.5. The van der Waals surface area contributed by atoms with Crippen LogP contribution in [-0.2, 0) is 4.79 Å². The number of allylic oxidation sites excluding steroid dienone is 10. The number of nitrogens with zero attached hydrogens (tertiary/aromatic N) is 3. The highest BCUT2D eigenvalue weighted by Gasteiger charge is 2.27. The van der Waals surface area contributed by atoms with E-state index in [-0.39, 0.29) is 11.7 Å². The van der Waals surface area contributed by atoms with Gasteiger partial charge in [-0.1, -0.05) is 58.1 Å². The van der Waals surface area contributed by atoms with Gasteiger partial charge in [0, 0.05) is 50.0 Å². The Bertz CT molecular complexity index is 1410. The van der Waals surface area contributed by atoms with Crippen LogP contribution in [0.4, 0.5) is 0 Å². The molecule has 1 aliphatic carbocycles. The van der Waals surface area contributed by atoms with Gasteiger partial charge in [0.1, 0.15) is 0 Å². The number of carbonyl (C=O) groups is 1. The average Bonchev–Trinajstić information content (AvgIpc) is 3.22. The molecule has 0 N–H and O–H groups in total. The molecule has 4 heteroatoms. The molecule has 0 spiro atoms. The van der Waals surface area contributed by atoms with Crippen molar-refractivity contribution in [2.75, 3.05) is 20.1 Å². The van der Waals surface area contributed by atoms with Gasteiger partial charge in [0.15, 0.2) is 5.78 Å². The van der Waals surface area contributed by atoms with Crippen molar-refractivity contribution in [3.8, 4) is 0 Å². The van der Waals surface area contributed by atoms with Crippen LogP contribution < -0.4 is 0 Å². The monoisotopic (exact) mass is 565 g/mol. The van der Waals surface area contributed by atoms with Crippen molar-refractivity contribution >= 4 is 17.2 Å². The Balaban J connectivity index is 1.99. The zero-order chi connectivity index (χ0) is 31.1. The SMILES string of the molecule is C=C1CC(/C(C)=C\C(=C/C)N2CCC(=C)C(CCC)[C@H](C)C2)=NC(C(/C=C2/C(C)=C=C(C)C(C)=CC2C)=N/C)=CC1=O. The van der Waals surface area contributed by atoms with E-state index in [4.69, 9.17) is 4.99 Å². The van der Waals surface area contributed by atoms with E-state index in [2.05, 4.69) is 108 Å². The fraction of sp³-hybridized carbons (Fsp3) is 0.474. The van der Waals surface area contributed by atoms with Crippen LogP contribution in [0.1, 0.15) is 81.1 Å². The largest absolute Gasteiger partial charge is 0.371 e. The first-order valence-electron chi connectivity index (χ1n) is 15.5. The maximum absolute atomic E-state index is 13.1. The molecule has 224 valence electrons. The highest BCUT2D eigenvalue weighted by Crippen LogP contribution is 2.33. The third-order valence-corrected chi connectivity index (χ3v) is 8.94. The minimum Gasteiger partial charge on any atom is -0.371 e. The lowest BCUT2D eigenvalue weighted by molar-refractivity contribution is -0.111. The number of rotatable bonds is 7. The van der Waals surface area contributed by atoms with Gasteiger partial charge in [0.05, 0.1) is 11.4 Å². The molecule has 0 saturated carbocycles. The standard InChI is InChI=1S/C38H51N3O/c1-12-14-33-24(3)15-16-41(23-31(33)10)32(13-2)19-29(8)35-20-30(9)38(42)22-37(40-35)36(39-11)21-34-27(6)17-25(4)26(5)18-28(34)7/h13,17,19,21-22,27,31,33H,3,9,12,14-16,20,23H2,1-2,4-8,10-11H3/b29-19-,32-13+,34-21+,39-36+/t27?,31-,33?/m1/s1. The zero-order valence-electron chi connectivity index (χ0n) is 27.5. The Hall–Kier alpha value is -3.49. The van der Waals surface area contributed by atoms with Crippen molar-refractivity contribution < 1.29 is 4.79 Å². The summed E-state index contributed by atoms with van der Waals surface area (Å²) in [5, 5.41) is 0. The van der Waals surface area contributed by atoms with Gasteiger partial charge in [-0.2, -0.15) is 0 Å². The number of carbonyl (C=O) groups excluding carboxylic acids is 1. The molecule has 0 amide bonds. The van der Waals surface area contributed by atoms with Gasteiger partial charge in [0.25, 0.3) is 0 Å². The summed E-state index contributed by atoms with van der Waals surface area (Å²) in [5.74, 6) is 1.21. The van der Waals surface area contributed by atoms with Crippen LogP contribution in [0.3, 0.4) is 0 Å². The molecular weight excluding hydrogens is 514 g/mol. The average molecular weight is 566 g/mol. The van der Waals surface area contributed by atoms with Crippen LogP contribution in [0.2, 0.25) is 0 Å². The van der Waals surface area contributed by atoms with E-state index in [0.29, 0.717) is 35.2 Å². The number of hydrogen-bond donors (Lipinski definition) is 0. The number of likely N-dealkylation sites (tertiary alicyclic amines) is 1. The summed E-state index contributed by atoms with van der Waals surface area (Å²) in [6.07, 6.45) is 14.1. The molecule has 2 heterocycles. The zero-order valence-corrected chi connectivity index (χ0v) is 27.5. The number of hydrogen-bond acceptors (Lipinski definition) is 4. The molecule has 4 nitrogen and oxygen atoms in total. The van der Waals surface area contributed by atoms with E-state index in [1.807, 2.05) is 0 Å². The highest BCUT2D eigenvalue weighted by molar-refractivity contribution is 6.20. The smallest absolute Gasteiger partial charge is 0.183 e. The van der Waals surface area contributed by atoms with E-state index in [0.717, 1.165) is 47.5 Å². The van der Waals surface area contributed by atoms with Crippen LogP contribution in [0, 0.1) is 17.8 Å². The molecule has 0 radical (unpaired) electrons. The first-order valence-corrected chi connectivity index (χ1v) is 15.5. The third-order valence-electron chi connectivity index (χ3n) is 8.94. The van der Waals surface area contributed by atoms with E-state index >= 15 is 0 Å². The van der Waals surface area contributed by atoms with Crippen molar-refractivity contribution in [2.45, 2.75) is 81.1 Å². The molecule has 3 atom stereocenters. The summed E-state index contributed by atoms with van der Waals surface area (Å²) in [6.45, 7) is 27.8. The van der Waals surface area contributed by atoms with Crippen molar-refractivity contribution in [2.24, 2.45) is 27.7 Å². The second kappa shape index (κ2) is 14.6. The summed E-state index contributed by atoms with van der Waals surface area (Å²) in [4.78, 5) is 25.2. The molecule has 2 unspecified atom stereocenters. The molecule has 3 rings (SSSR count). The molecule has 3 aliphatic rings. The van der Waals surface area contributed by atoms with Crippen LogP contribution >= 0.6 is 0 Å². The molecular formula is C38H51N3O. The summed E-state index contributed by atoms with van der Waals surface area (Å²) < 4.78 is 0. The predicted molar refractivity (Wildman–Crippen MR) is 181 cm³/mol. The minimum atomic E-state index is -0.100. The van der Waals surface area contributed by atoms with Gasteiger partial charge in [-0.3, -0.25) is 14.8 Å². The van der Waals surface area contributed by atoms with Crippen molar-refractivity contribution in [3.63, 3.8) is 0 Å². The molecule has 1 saturated heterocycles. The molecule has 0 aromatic carbocycles. The van der Waals surface area contributed by atoms with E-state index in [9.17, 15) is 4.79 Å². The molecule has 0 bridgehead atoms. The molecule has 0 aromatic heterocycles. The first kappa shape index (κ1) is 33.0. The van der Waals surface area contributed by atoms with Crippen LogP contribution in [0.15, 0.2) is 110 Å². The molecule has 0 aromatic rings. The number of ketones is 1. The van der Waals surface area contributed by atoms with Gasteiger partial charge in [0.2, 0.25) is 0 Å². The molecule has 2 aliphatic heterocycles. The Morgan fingerprint density at radius 3 is 2.57 bits per heavy atom. The van der Waals surface area contributed by atoms with Gasteiger partial charge < -0.3 is 4.90 Å². The Labute approximate surface area is 255 Å². The maximum atomic E-state index is 13.1. The summed E-state index contributed by atoms with van der Waals surface area (Å²) in [7, 11) is 1.76. The van der Waals surface area contributed by atoms with Gasteiger partial charge in [-0.25, -0.2) is 0 Å². The van der Waals surface area contributed by atoms with Gasteiger partial charge in [-0.05, 0) is 105 Å². The summed E-state index contributed by atoms with van der Waals surface area (Å²) in [6, 6.07) is 0. The second-order valence-corrected chi connectivity index (χ2v) is 12.2. The summed E-state index contributed by atoms with van der Waals surface area (Å²) >= 11 is 0. The maximum Gasteiger partial charge on any atom is 0.183 e. The fourth-order valence-electron chi connectivity index (χ4n) is 6.24. The van der Waals surface area contributed by atoms with E-state index in [1.54, 1.807) is 13.1 Å².